The minimum absolute atomic E-state index is 0.0362. The van der Waals surface area contributed by atoms with Gasteiger partial charge in [-0.1, -0.05) is 27.7 Å². The van der Waals surface area contributed by atoms with E-state index in [-0.39, 0.29) is 22.8 Å². The van der Waals surface area contributed by atoms with E-state index in [9.17, 15) is 10.1 Å². The van der Waals surface area contributed by atoms with Gasteiger partial charge < -0.3 is 10.1 Å². The number of ether oxygens (including phenoxy) is 1. The van der Waals surface area contributed by atoms with Gasteiger partial charge in [-0.25, -0.2) is 4.98 Å². The highest BCUT2D eigenvalue weighted by molar-refractivity contribution is 5.61. The number of methoxy groups -OCH3 is 1. The van der Waals surface area contributed by atoms with Crippen LogP contribution in [0.4, 0.5) is 11.5 Å². The lowest BCUT2D eigenvalue weighted by atomic mass is 9.82. The van der Waals surface area contributed by atoms with Gasteiger partial charge in [0.2, 0.25) is 5.82 Å². The summed E-state index contributed by atoms with van der Waals surface area (Å²) in [7, 11) is 1.34. The van der Waals surface area contributed by atoms with Crippen molar-refractivity contribution in [3.05, 3.63) is 16.4 Å². The standard InChI is InChI=1S/C12H20N4O3/c1-8(12(2,3)4)6-13-10-9(16(17)18)11(19-5)15-7-14-10/h7-8H,6H2,1-5H3,(H,13,14,15). The molecule has 19 heavy (non-hydrogen) atoms. The summed E-state index contributed by atoms with van der Waals surface area (Å²) in [5.41, 5.74) is -0.120. The number of hydrogen-bond donors (Lipinski definition) is 1. The quantitative estimate of drug-likeness (QED) is 0.651. The fraction of sp³-hybridized carbons (Fsp3) is 0.667. The Bertz CT molecular complexity index is 457. The number of hydrogen-bond acceptors (Lipinski definition) is 6. The Morgan fingerprint density at radius 2 is 2.11 bits per heavy atom. The van der Waals surface area contributed by atoms with Gasteiger partial charge in [0.15, 0.2) is 0 Å². The van der Waals surface area contributed by atoms with Crippen LogP contribution < -0.4 is 10.1 Å². The van der Waals surface area contributed by atoms with Crippen molar-refractivity contribution in [2.75, 3.05) is 19.0 Å². The molecule has 0 fully saturated rings. The Balaban J connectivity index is 2.93. The van der Waals surface area contributed by atoms with Crippen molar-refractivity contribution in [1.29, 1.82) is 0 Å². The average molecular weight is 268 g/mol. The molecule has 1 rings (SSSR count). The van der Waals surface area contributed by atoms with Crippen LogP contribution in [0.15, 0.2) is 6.33 Å². The molecular weight excluding hydrogens is 248 g/mol. The van der Waals surface area contributed by atoms with Crippen molar-refractivity contribution in [1.82, 2.24) is 9.97 Å². The predicted octanol–water partition coefficient (Wildman–Crippen LogP) is 2.49. The molecule has 1 atom stereocenters. The average Bonchev–Trinajstić information content (AvgIpc) is 2.33. The van der Waals surface area contributed by atoms with E-state index in [1.807, 2.05) is 0 Å². The van der Waals surface area contributed by atoms with Crippen LogP contribution >= 0.6 is 0 Å². The van der Waals surface area contributed by atoms with Crippen molar-refractivity contribution >= 4 is 11.5 Å². The highest BCUT2D eigenvalue weighted by atomic mass is 16.6. The van der Waals surface area contributed by atoms with Crippen LogP contribution in [0.3, 0.4) is 0 Å². The molecule has 0 radical (unpaired) electrons. The molecule has 1 unspecified atom stereocenters. The molecule has 1 aromatic heterocycles. The molecule has 7 nitrogen and oxygen atoms in total. The fourth-order valence-electron chi connectivity index (χ4n) is 1.36. The van der Waals surface area contributed by atoms with E-state index in [1.54, 1.807) is 0 Å². The Hall–Kier alpha value is -1.92. The van der Waals surface area contributed by atoms with Gasteiger partial charge in [0.05, 0.1) is 12.0 Å². The molecule has 0 aliphatic heterocycles. The van der Waals surface area contributed by atoms with E-state index < -0.39 is 4.92 Å². The van der Waals surface area contributed by atoms with Crippen LogP contribution in [0.1, 0.15) is 27.7 Å². The number of nitrogens with one attached hydrogen (secondary N) is 1. The Kier molecular flexibility index (Phi) is 4.63. The molecule has 0 bridgehead atoms. The third-order valence-electron chi connectivity index (χ3n) is 3.22. The molecule has 0 spiro atoms. The minimum Gasteiger partial charge on any atom is -0.476 e. The largest absolute Gasteiger partial charge is 0.476 e. The second-order valence-corrected chi connectivity index (χ2v) is 5.49. The van der Waals surface area contributed by atoms with Gasteiger partial charge in [-0.05, 0) is 11.3 Å². The summed E-state index contributed by atoms with van der Waals surface area (Å²) in [6, 6.07) is 0. The summed E-state index contributed by atoms with van der Waals surface area (Å²) in [6.45, 7) is 9.03. The molecule has 0 aliphatic carbocycles. The minimum atomic E-state index is -0.539. The number of aromatic nitrogens is 2. The predicted molar refractivity (Wildman–Crippen MR) is 72.3 cm³/mol. The van der Waals surface area contributed by atoms with Crippen molar-refractivity contribution in [2.24, 2.45) is 11.3 Å². The number of nitro groups is 1. The SMILES string of the molecule is COc1ncnc(NCC(C)C(C)(C)C)c1[N+](=O)[O-]. The summed E-state index contributed by atoms with van der Waals surface area (Å²) in [4.78, 5) is 18.2. The topological polar surface area (TPSA) is 90.2 Å². The third-order valence-corrected chi connectivity index (χ3v) is 3.22. The Morgan fingerprint density at radius 1 is 1.47 bits per heavy atom. The maximum atomic E-state index is 11.0. The van der Waals surface area contributed by atoms with Crippen LogP contribution in [-0.2, 0) is 0 Å². The summed E-state index contributed by atoms with van der Waals surface area (Å²) in [5.74, 6) is 0.479. The van der Waals surface area contributed by atoms with E-state index in [2.05, 4.69) is 43.0 Å². The first-order valence-electron chi connectivity index (χ1n) is 6.04. The summed E-state index contributed by atoms with van der Waals surface area (Å²) < 4.78 is 4.89. The lowest BCUT2D eigenvalue weighted by Gasteiger charge is -2.27. The number of rotatable bonds is 5. The molecule has 0 aromatic carbocycles. The second-order valence-electron chi connectivity index (χ2n) is 5.49. The molecule has 0 amide bonds. The van der Waals surface area contributed by atoms with Crippen LogP contribution in [0, 0.1) is 21.4 Å². The van der Waals surface area contributed by atoms with E-state index in [0.29, 0.717) is 12.5 Å². The Labute approximate surface area is 112 Å². The van der Waals surface area contributed by atoms with Gasteiger partial charge in [0.25, 0.3) is 5.88 Å². The summed E-state index contributed by atoms with van der Waals surface area (Å²) in [5, 5.41) is 14.1. The fourth-order valence-corrected chi connectivity index (χ4v) is 1.36. The van der Waals surface area contributed by atoms with Gasteiger partial charge in [-0.2, -0.15) is 4.98 Å². The lowest BCUT2D eigenvalue weighted by molar-refractivity contribution is -0.385. The third kappa shape index (κ3) is 3.77. The molecular formula is C12H20N4O3. The molecule has 0 aliphatic rings. The van der Waals surface area contributed by atoms with Crippen molar-refractivity contribution < 1.29 is 9.66 Å². The first-order valence-corrected chi connectivity index (χ1v) is 6.04. The monoisotopic (exact) mass is 268 g/mol. The zero-order valence-corrected chi connectivity index (χ0v) is 11.9. The molecule has 1 N–H and O–H groups in total. The lowest BCUT2D eigenvalue weighted by Crippen LogP contribution is -2.25. The molecule has 106 valence electrons. The smallest absolute Gasteiger partial charge is 0.372 e. The number of nitrogens with zero attached hydrogens (tertiary/aromatic N) is 3. The van der Waals surface area contributed by atoms with Crippen LogP contribution in [0.25, 0.3) is 0 Å². The molecule has 0 saturated carbocycles. The van der Waals surface area contributed by atoms with Gasteiger partial charge in [0.1, 0.15) is 6.33 Å². The Morgan fingerprint density at radius 3 is 2.58 bits per heavy atom. The van der Waals surface area contributed by atoms with Gasteiger partial charge in [0, 0.05) is 6.54 Å². The summed E-state index contributed by atoms with van der Waals surface area (Å²) >= 11 is 0. The highest BCUT2D eigenvalue weighted by Gasteiger charge is 2.25. The van der Waals surface area contributed by atoms with Crippen molar-refractivity contribution in [3.8, 4) is 5.88 Å². The second kappa shape index (κ2) is 5.81. The molecule has 1 heterocycles. The van der Waals surface area contributed by atoms with Crippen molar-refractivity contribution in [2.45, 2.75) is 27.7 Å². The van der Waals surface area contributed by atoms with E-state index in [0.717, 1.165) is 0 Å². The van der Waals surface area contributed by atoms with Crippen molar-refractivity contribution in [3.63, 3.8) is 0 Å². The first-order chi connectivity index (χ1) is 8.77. The van der Waals surface area contributed by atoms with Crippen LogP contribution in [0.5, 0.6) is 5.88 Å². The normalized spacial score (nSPS) is 12.9. The van der Waals surface area contributed by atoms with Gasteiger partial charge >= 0.3 is 5.69 Å². The number of anilines is 1. The van der Waals surface area contributed by atoms with E-state index >= 15 is 0 Å². The zero-order chi connectivity index (χ0) is 14.6. The van der Waals surface area contributed by atoms with Gasteiger partial charge in [-0.3, -0.25) is 10.1 Å². The highest BCUT2D eigenvalue weighted by Crippen LogP contribution is 2.31. The summed E-state index contributed by atoms with van der Waals surface area (Å²) in [6.07, 6.45) is 1.25. The molecule has 1 aromatic rings. The first kappa shape index (κ1) is 15.1. The van der Waals surface area contributed by atoms with Gasteiger partial charge in [-0.15, -0.1) is 0 Å². The zero-order valence-electron chi connectivity index (χ0n) is 11.9. The molecule has 0 saturated heterocycles. The van der Waals surface area contributed by atoms with E-state index in [1.165, 1.54) is 13.4 Å². The van der Waals surface area contributed by atoms with Crippen LogP contribution in [0.2, 0.25) is 0 Å². The van der Waals surface area contributed by atoms with E-state index in [4.69, 9.17) is 4.74 Å². The maximum absolute atomic E-state index is 11.0. The maximum Gasteiger partial charge on any atom is 0.372 e. The molecule has 7 heteroatoms. The van der Waals surface area contributed by atoms with Crippen LogP contribution in [-0.4, -0.2) is 28.5 Å².